The minimum Gasteiger partial charge on any atom is -0.486 e. The van der Waals surface area contributed by atoms with Gasteiger partial charge in [-0.1, -0.05) is 24.3 Å². The van der Waals surface area contributed by atoms with E-state index in [-0.39, 0.29) is 17.9 Å². The molecule has 5 rings (SSSR count). The highest BCUT2D eigenvalue weighted by Gasteiger charge is 2.39. The van der Waals surface area contributed by atoms with Gasteiger partial charge in [0.1, 0.15) is 25.8 Å². The van der Waals surface area contributed by atoms with Crippen molar-refractivity contribution in [3.63, 3.8) is 0 Å². The van der Waals surface area contributed by atoms with Gasteiger partial charge >= 0.3 is 0 Å². The van der Waals surface area contributed by atoms with E-state index in [2.05, 4.69) is 22.8 Å². The van der Waals surface area contributed by atoms with Crippen LogP contribution in [0.15, 0.2) is 42.5 Å². The third kappa shape index (κ3) is 3.61. The molecule has 2 aromatic rings. The van der Waals surface area contributed by atoms with Crippen molar-refractivity contribution >= 4 is 17.5 Å². The number of hydrogen-bond donors (Lipinski definition) is 2. The van der Waals surface area contributed by atoms with Crippen LogP contribution in [0.5, 0.6) is 11.5 Å². The molecule has 0 aromatic heterocycles. The van der Waals surface area contributed by atoms with Crippen molar-refractivity contribution in [1.29, 1.82) is 0 Å². The predicted octanol–water partition coefficient (Wildman–Crippen LogP) is 1.08. The number of benzene rings is 2. The van der Waals surface area contributed by atoms with Gasteiger partial charge in [-0.15, -0.1) is 0 Å². The number of rotatable bonds is 3. The number of nitrogens with two attached hydrogens (primary N) is 1. The molecule has 7 nitrogen and oxygen atoms in total. The summed E-state index contributed by atoms with van der Waals surface area (Å²) in [6, 6.07) is 13.1. The molecule has 156 valence electrons. The summed E-state index contributed by atoms with van der Waals surface area (Å²) < 4.78 is 11.1. The molecule has 3 aliphatic heterocycles. The van der Waals surface area contributed by atoms with E-state index >= 15 is 0 Å². The first kappa shape index (κ1) is 18.9. The van der Waals surface area contributed by atoms with Crippen LogP contribution in [0.4, 0.5) is 5.69 Å². The Morgan fingerprint density at radius 2 is 1.83 bits per heavy atom. The smallest absolute Gasteiger partial charge is 0.281 e. The highest BCUT2D eigenvalue weighted by Crippen LogP contribution is 2.33. The highest BCUT2D eigenvalue weighted by atomic mass is 16.6. The molecule has 2 amide bonds. The molecular weight excluding hydrogens is 382 g/mol. The molecule has 0 spiro atoms. The first-order valence-electron chi connectivity index (χ1n) is 10.6. The maximum Gasteiger partial charge on any atom is 0.281 e. The number of hydrogen-bond acceptors (Lipinski definition) is 4. The van der Waals surface area contributed by atoms with Gasteiger partial charge in [-0.2, -0.15) is 0 Å². The molecule has 1 saturated heterocycles. The van der Waals surface area contributed by atoms with Crippen molar-refractivity contribution in [2.24, 2.45) is 0 Å². The van der Waals surface area contributed by atoms with Gasteiger partial charge in [-0.05, 0) is 30.5 Å². The number of likely N-dealkylation sites (tertiary alicyclic amines) is 1. The van der Waals surface area contributed by atoms with E-state index in [1.165, 1.54) is 11.1 Å². The molecule has 0 radical (unpaired) electrons. The topological polar surface area (TPSA) is 84.5 Å². The molecule has 7 heteroatoms. The average molecular weight is 408 g/mol. The summed E-state index contributed by atoms with van der Waals surface area (Å²) in [7, 11) is 0. The highest BCUT2D eigenvalue weighted by molar-refractivity contribution is 5.98. The first-order valence-corrected chi connectivity index (χ1v) is 10.6. The van der Waals surface area contributed by atoms with Crippen molar-refractivity contribution in [3.8, 4) is 11.5 Å². The van der Waals surface area contributed by atoms with Crippen LogP contribution in [0.3, 0.4) is 0 Å². The van der Waals surface area contributed by atoms with Gasteiger partial charge in [-0.25, -0.2) is 0 Å². The summed E-state index contributed by atoms with van der Waals surface area (Å²) in [5.41, 5.74) is 3.17. The maximum absolute atomic E-state index is 13.2. The lowest BCUT2D eigenvalue weighted by Crippen LogP contribution is -2.93. The third-order valence-electron chi connectivity index (χ3n) is 6.15. The van der Waals surface area contributed by atoms with E-state index in [0.29, 0.717) is 49.8 Å². The van der Waals surface area contributed by atoms with Crippen LogP contribution in [0, 0.1) is 0 Å². The number of amides is 2. The summed E-state index contributed by atoms with van der Waals surface area (Å²) in [5, 5.41) is 5.05. The van der Waals surface area contributed by atoms with E-state index in [1.807, 2.05) is 12.1 Å². The quantitative estimate of drug-likeness (QED) is 0.796. The Morgan fingerprint density at radius 3 is 2.70 bits per heavy atom. The second-order valence-electron chi connectivity index (χ2n) is 8.06. The standard InChI is InChI=1S/C23H25N3O4/c27-22(25-17-7-8-20-21(13-17)30-11-10-29-20)19-6-3-9-26(19)23(28)18-12-15-4-1-2-5-16(15)14-24-18/h1-2,4-5,7-8,13,18-19,24H,3,6,9-12,14H2,(H,25,27)/p+1/t18-,19+/m0/s1. The summed E-state index contributed by atoms with van der Waals surface area (Å²) in [5.74, 6) is 1.23. The monoisotopic (exact) mass is 408 g/mol. The first-order chi connectivity index (χ1) is 14.7. The lowest BCUT2D eigenvalue weighted by molar-refractivity contribution is -0.695. The largest absolute Gasteiger partial charge is 0.486 e. The molecule has 3 N–H and O–H groups in total. The second-order valence-corrected chi connectivity index (χ2v) is 8.06. The van der Waals surface area contributed by atoms with Crippen molar-refractivity contribution < 1.29 is 24.4 Å². The number of anilines is 1. The molecule has 1 fully saturated rings. The van der Waals surface area contributed by atoms with E-state index in [9.17, 15) is 9.59 Å². The number of ether oxygens (including phenoxy) is 2. The summed E-state index contributed by atoms with van der Waals surface area (Å²) in [6.45, 7) is 2.45. The molecule has 3 heterocycles. The van der Waals surface area contributed by atoms with E-state index in [1.54, 1.807) is 23.1 Å². The fourth-order valence-electron chi connectivity index (χ4n) is 4.60. The Morgan fingerprint density at radius 1 is 1.03 bits per heavy atom. The second kappa shape index (κ2) is 7.99. The zero-order valence-electron chi connectivity index (χ0n) is 16.8. The van der Waals surface area contributed by atoms with E-state index < -0.39 is 6.04 Å². The van der Waals surface area contributed by atoms with Gasteiger partial charge in [0.05, 0.1) is 0 Å². The lowest BCUT2D eigenvalue weighted by Gasteiger charge is -2.29. The van der Waals surface area contributed by atoms with Gasteiger partial charge in [0, 0.05) is 30.3 Å². The molecule has 2 aromatic carbocycles. The third-order valence-corrected chi connectivity index (χ3v) is 6.15. The van der Waals surface area contributed by atoms with Gasteiger partial charge in [0.2, 0.25) is 5.91 Å². The molecular formula is C23H26N3O4+. The van der Waals surface area contributed by atoms with Crippen molar-refractivity contribution in [3.05, 3.63) is 53.6 Å². The Labute approximate surface area is 175 Å². The number of carbonyl (C=O) groups excluding carboxylic acids is 2. The summed E-state index contributed by atoms with van der Waals surface area (Å²) >= 11 is 0. The van der Waals surface area contributed by atoms with Crippen LogP contribution in [0.2, 0.25) is 0 Å². The number of fused-ring (bicyclic) bond motifs is 2. The molecule has 0 saturated carbocycles. The van der Waals surface area contributed by atoms with Crippen molar-refractivity contribution in [1.82, 2.24) is 4.90 Å². The minimum atomic E-state index is -0.434. The van der Waals surface area contributed by atoms with E-state index in [4.69, 9.17) is 9.47 Å². The van der Waals surface area contributed by atoms with Gasteiger partial charge < -0.3 is 25.0 Å². The lowest BCUT2D eigenvalue weighted by atomic mass is 9.95. The number of quaternary nitrogens is 1. The molecule has 0 bridgehead atoms. The Balaban J connectivity index is 1.27. The van der Waals surface area contributed by atoms with Crippen LogP contribution in [-0.4, -0.2) is 48.6 Å². The van der Waals surface area contributed by atoms with Crippen LogP contribution in [-0.2, 0) is 22.6 Å². The number of carbonyl (C=O) groups is 2. The van der Waals surface area contributed by atoms with E-state index in [0.717, 1.165) is 13.0 Å². The molecule has 0 aliphatic carbocycles. The van der Waals surface area contributed by atoms with Crippen molar-refractivity contribution in [2.75, 3.05) is 25.1 Å². The van der Waals surface area contributed by atoms with Crippen LogP contribution < -0.4 is 20.1 Å². The Bertz CT molecular complexity index is 977. The van der Waals surface area contributed by atoms with Crippen LogP contribution in [0.1, 0.15) is 24.0 Å². The SMILES string of the molecule is O=C(Nc1ccc2c(c1)OCCO2)[C@H]1CCCN1C(=O)[C@@H]1Cc2ccccc2C[NH2+]1. The maximum atomic E-state index is 13.2. The predicted molar refractivity (Wildman–Crippen MR) is 110 cm³/mol. The minimum absolute atomic E-state index is 0.0596. The van der Waals surface area contributed by atoms with Crippen LogP contribution >= 0.6 is 0 Å². The van der Waals surface area contributed by atoms with Crippen molar-refractivity contribution in [2.45, 2.75) is 37.9 Å². The van der Waals surface area contributed by atoms with Crippen LogP contribution in [0.25, 0.3) is 0 Å². The summed E-state index contributed by atoms with van der Waals surface area (Å²) in [4.78, 5) is 28.0. The molecule has 0 unspecified atom stereocenters. The fraction of sp³-hybridized carbons (Fsp3) is 0.391. The van der Waals surface area contributed by atoms with Gasteiger partial charge in [-0.3, -0.25) is 9.59 Å². The molecule has 30 heavy (non-hydrogen) atoms. The average Bonchev–Trinajstić information content (AvgIpc) is 3.28. The van der Waals surface area contributed by atoms with Gasteiger partial charge in [0.25, 0.3) is 5.91 Å². The number of nitrogens with zero attached hydrogens (tertiary/aromatic N) is 1. The summed E-state index contributed by atoms with van der Waals surface area (Å²) in [6.07, 6.45) is 2.24. The Hall–Kier alpha value is -3.06. The number of nitrogens with one attached hydrogen (secondary N) is 1. The molecule has 2 atom stereocenters. The zero-order valence-corrected chi connectivity index (χ0v) is 16.8. The van der Waals surface area contributed by atoms with Gasteiger partial charge in [0.15, 0.2) is 17.5 Å². The Kier molecular flexibility index (Phi) is 5.04. The molecule has 3 aliphatic rings. The normalized spacial score (nSPS) is 22.3. The fourth-order valence-corrected chi connectivity index (χ4v) is 4.60. The zero-order chi connectivity index (χ0) is 20.5.